The molecule has 7 heteroatoms. The standard InChI is InChI=1S/C19H22N4O2S/c1-26-17-4-2-3-15(11-17)22-19(25)23(12-14-7-9-20-10-8-14)13-16-5-6-18(24)21-16/h2-4,7-11,16H,5-6,12-13H2,1H3,(H,21,24)(H,22,25)/t16-/m0/s1. The molecule has 6 nitrogen and oxygen atoms in total. The maximum Gasteiger partial charge on any atom is 0.322 e. The van der Waals surface area contributed by atoms with Crippen molar-refractivity contribution in [2.24, 2.45) is 0 Å². The molecule has 1 aromatic carbocycles. The maximum atomic E-state index is 12.9. The number of rotatable bonds is 6. The van der Waals surface area contributed by atoms with Gasteiger partial charge in [-0.1, -0.05) is 6.07 Å². The molecule has 3 rings (SSSR count). The number of carbonyl (C=O) groups excluding carboxylic acids is 2. The van der Waals surface area contributed by atoms with E-state index in [0.717, 1.165) is 22.6 Å². The van der Waals surface area contributed by atoms with E-state index in [1.165, 1.54) is 0 Å². The molecule has 136 valence electrons. The Bertz CT molecular complexity index is 769. The third-order valence-electron chi connectivity index (χ3n) is 4.26. The van der Waals surface area contributed by atoms with Crippen LogP contribution in [0.25, 0.3) is 0 Å². The van der Waals surface area contributed by atoms with E-state index < -0.39 is 0 Å². The van der Waals surface area contributed by atoms with Crippen LogP contribution in [0.4, 0.5) is 10.5 Å². The van der Waals surface area contributed by atoms with Crippen LogP contribution < -0.4 is 10.6 Å². The molecule has 1 aromatic heterocycles. The Hall–Kier alpha value is -2.54. The summed E-state index contributed by atoms with van der Waals surface area (Å²) in [5, 5.41) is 5.90. The molecule has 1 atom stereocenters. The number of anilines is 1. The molecule has 0 saturated carbocycles. The van der Waals surface area contributed by atoms with Crippen LogP contribution in [-0.2, 0) is 11.3 Å². The quantitative estimate of drug-likeness (QED) is 0.766. The molecule has 26 heavy (non-hydrogen) atoms. The van der Waals surface area contributed by atoms with E-state index in [9.17, 15) is 9.59 Å². The van der Waals surface area contributed by atoms with E-state index >= 15 is 0 Å². The Kier molecular flexibility index (Phi) is 6.12. The van der Waals surface area contributed by atoms with E-state index in [1.54, 1.807) is 29.1 Å². The zero-order chi connectivity index (χ0) is 18.4. The van der Waals surface area contributed by atoms with Crippen molar-refractivity contribution in [2.75, 3.05) is 18.1 Å². The highest BCUT2D eigenvalue weighted by Crippen LogP contribution is 2.20. The molecule has 0 radical (unpaired) electrons. The highest BCUT2D eigenvalue weighted by atomic mass is 32.2. The molecule has 1 aliphatic heterocycles. The second-order valence-electron chi connectivity index (χ2n) is 6.20. The molecule has 1 aliphatic rings. The third-order valence-corrected chi connectivity index (χ3v) is 4.98. The lowest BCUT2D eigenvalue weighted by molar-refractivity contribution is -0.119. The number of aromatic nitrogens is 1. The summed E-state index contributed by atoms with van der Waals surface area (Å²) in [7, 11) is 0. The van der Waals surface area contributed by atoms with Crippen LogP contribution in [0.3, 0.4) is 0 Å². The Morgan fingerprint density at radius 2 is 2.15 bits per heavy atom. The number of amides is 3. The van der Waals surface area contributed by atoms with Gasteiger partial charge in [0.15, 0.2) is 0 Å². The first-order valence-electron chi connectivity index (χ1n) is 8.52. The summed E-state index contributed by atoms with van der Waals surface area (Å²) in [4.78, 5) is 31.2. The first kappa shape index (κ1) is 18.3. The van der Waals surface area contributed by atoms with Crippen molar-refractivity contribution < 1.29 is 9.59 Å². The van der Waals surface area contributed by atoms with Crippen LogP contribution >= 0.6 is 11.8 Å². The highest BCUT2D eigenvalue weighted by molar-refractivity contribution is 7.98. The smallest absolute Gasteiger partial charge is 0.322 e. The van der Waals surface area contributed by atoms with Gasteiger partial charge in [-0.2, -0.15) is 0 Å². The summed E-state index contributed by atoms with van der Waals surface area (Å²) < 4.78 is 0. The van der Waals surface area contributed by atoms with Crippen molar-refractivity contribution in [3.05, 3.63) is 54.4 Å². The molecule has 2 aromatic rings. The minimum atomic E-state index is -0.179. The van der Waals surface area contributed by atoms with Gasteiger partial charge < -0.3 is 15.5 Å². The SMILES string of the molecule is CSc1cccc(NC(=O)N(Cc2ccncc2)C[C@@H]2CCC(=O)N2)c1. The minimum absolute atomic E-state index is 0.00683. The number of hydrogen-bond acceptors (Lipinski definition) is 4. The minimum Gasteiger partial charge on any atom is -0.352 e. The topological polar surface area (TPSA) is 74.3 Å². The molecule has 3 amide bonds. The van der Waals surface area contributed by atoms with Gasteiger partial charge in [-0.05, 0) is 48.6 Å². The van der Waals surface area contributed by atoms with Gasteiger partial charge in [0.1, 0.15) is 0 Å². The maximum absolute atomic E-state index is 12.9. The lowest BCUT2D eigenvalue weighted by Gasteiger charge is -2.26. The van der Waals surface area contributed by atoms with Crippen molar-refractivity contribution in [1.82, 2.24) is 15.2 Å². The summed E-state index contributed by atoms with van der Waals surface area (Å²) in [6, 6.07) is 11.3. The van der Waals surface area contributed by atoms with E-state index in [1.807, 2.05) is 42.7 Å². The normalized spacial score (nSPS) is 16.2. The summed E-state index contributed by atoms with van der Waals surface area (Å²) >= 11 is 1.63. The number of pyridine rings is 1. The Labute approximate surface area is 157 Å². The van der Waals surface area contributed by atoms with Gasteiger partial charge >= 0.3 is 6.03 Å². The van der Waals surface area contributed by atoms with Crippen molar-refractivity contribution in [3.8, 4) is 0 Å². The van der Waals surface area contributed by atoms with Crippen LogP contribution in [0, 0.1) is 0 Å². The van der Waals surface area contributed by atoms with Crippen LogP contribution in [0.1, 0.15) is 18.4 Å². The number of nitrogens with zero attached hydrogens (tertiary/aromatic N) is 2. The fourth-order valence-electron chi connectivity index (χ4n) is 2.91. The second-order valence-corrected chi connectivity index (χ2v) is 7.08. The molecule has 0 spiro atoms. The van der Waals surface area contributed by atoms with Gasteiger partial charge in [-0.25, -0.2) is 4.79 Å². The average molecular weight is 370 g/mol. The van der Waals surface area contributed by atoms with Gasteiger partial charge in [0, 0.05) is 48.5 Å². The average Bonchev–Trinajstić information content (AvgIpc) is 3.07. The molecule has 0 unspecified atom stereocenters. The molecule has 1 fully saturated rings. The summed E-state index contributed by atoms with van der Waals surface area (Å²) in [6.45, 7) is 0.936. The van der Waals surface area contributed by atoms with Gasteiger partial charge in [-0.15, -0.1) is 11.8 Å². The van der Waals surface area contributed by atoms with Crippen molar-refractivity contribution in [2.45, 2.75) is 30.3 Å². The molecule has 0 bridgehead atoms. The number of nitrogens with one attached hydrogen (secondary N) is 2. The Morgan fingerprint density at radius 1 is 1.35 bits per heavy atom. The molecule has 1 saturated heterocycles. The largest absolute Gasteiger partial charge is 0.352 e. The Morgan fingerprint density at radius 3 is 2.85 bits per heavy atom. The van der Waals surface area contributed by atoms with Crippen molar-refractivity contribution in [3.63, 3.8) is 0 Å². The zero-order valence-electron chi connectivity index (χ0n) is 14.6. The molecular weight excluding hydrogens is 348 g/mol. The summed E-state index contributed by atoms with van der Waals surface area (Å²) in [6.07, 6.45) is 6.70. The van der Waals surface area contributed by atoms with E-state index in [4.69, 9.17) is 0 Å². The first-order chi connectivity index (χ1) is 12.6. The fourth-order valence-corrected chi connectivity index (χ4v) is 3.37. The van der Waals surface area contributed by atoms with E-state index in [-0.39, 0.29) is 18.0 Å². The monoisotopic (exact) mass is 370 g/mol. The fraction of sp³-hybridized carbons (Fsp3) is 0.316. The van der Waals surface area contributed by atoms with E-state index in [2.05, 4.69) is 15.6 Å². The lowest BCUT2D eigenvalue weighted by Crippen LogP contribution is -2.43. The summed E-state index contributed by atoms with van der Waals surface area (Å²) in [5.41, 5.74) is 1.76. The highest BCUT2D eigenvalue weighted by Gasteiger charge is 2.25. The number of benzene rings is 1. The predicted molar refractivity (Wildman–Crippen MR) is 103 cm³/mol. The van der Waals surface area contributed by atoms with Crippen molar-refractivity contribution in [1.29, 1.82) is 0 Å². The first-order valence-corrected chi connectivity index (χ1v) is 9.75. The number of hydrogen-bond donors (Lipinski definition) is 2. The van der Waals surface area contributed by atoms with Crippen molar-refractivity contribution >= 4 is 29.4 Å². The van der Waals surface area contributed by atoms with Crippen LogP contribution in [0.2, 0.25) is 0 Å². The van der Waals surface area contributed by atoms with Crippen LogP contribution in [-0.4, -0.2) is 40.7 Å². The van der Waals surface area contributed by atoms with Gasteiger partial charge in [0.2, 0.25) is 5.91 Å². The number of carbonyl (C=O) groups is 2. The molecular formula is C19H22N4O2S. The second kappa shape index (κ2) is 8.71. The number of urea groups is 1. The molecule has 2 N–H and O–H groups in total. The number of thioether (sulfide) groups is 1. The molecule has 0 aliphatic carbocycles. The zero-order valence-corrected chi connectivity index (χ0v) is 15.5. The van der Waals surface area contributed by atoms with Crippen LogP contribution in [0.15, 0.2) is 53.7 Å². The van der Waals surface area contributed by atoms with Gasteiger partial charge in [0.25, 0.3) is 0 Å². The van der Waals surface area contributed by atoms with E-state index in [0.29, 0.717) is 19.5 Å². The lowest BCUT2D eigenvalue weighted by atomic mass is 10.2. The third kappa shape index (κ3) is 4.98. The molecule has 2 heterocycles. The van der Waals surface area contributed by atoms with Gasteiger partial charge in [-0.3, -0.25) is 9.78 Å². The predicted octanol–water partition coefficient (Wildman–Crippen LogP) is 3.12. The Balaban J connectivity index is 1.72. The van der Waals surface area contributed by atoms with Crippen LogP contribution in [0.5, 0.6) is 0 Å². The van der Waals surface area contributed by atoms with Gasteiger partial charge in [0.05, 0.1) is 0 Å². The summed E-state index contributed by atoms with van der Waals surface area (Å²) in [5.74, 6) is 0.0481.